The molecular formula is C18H24. The standard InChI is InChI=1S/C18H24/c1-8-14(4)9-10-16-11-17(13(2)3)12-18(6,7)15(16)5/h8-11H,1-2,4,12H2,3,5-7H3/b10-9-. The first kappa shape index (κ1) is 14.5. The summed E-state index contributed by atoms with van der Waals surface area (Å²) < 4.78 is 0. The smallest absolute Gasteiger partial charge is 0.00980 e. The van der Waals surface area contributed by atoms with Crippen LogP contribution < -0.4 is 0 Å². The Labute approximate surface area is 112 Å². The lowest BCUT2D eigenvalue weighted by atomic mass is 9.72. The van der Waals surface area contributed by atoms with E-state index in [1.54, 1.807) is 6.08 Å². The maximum atomic E-state index is 4.07. The van der Waals surface area contributed by atoms with Crippen LogP contribution >= 0.6 is 0 Å². The molecule has 0 saturated heterocycles. The van der Waals surface area contributed by atoms with Gasteiger partial charge in [-0.25, -0.2) is 0 Å². The molecule has 0 fully saturated rings. The largest absolute Gasteiger partial charge is 0.0985 e. The molecule has 0 aromatic heterocycles. The van der Waals surface area contributed by atoms with E-state index in [4.69, 9.17) is 0 Å². The van der Waals surface area contributed by atoms with Crippen molar-refractivity contribution in [1.82, 2.24) is 0 Å². The normalized spacial score (nSPS) is 18.8. The molecule has 18 heavy (non-hydrogen) atoms. The Bertz CT molecular complexity index is 476. The van der Waals surface area contributed by atoms with Crippen LogP contribution in [0.25, 0.3) is 0 Å². The van der Waals surface area contributed by atoms with Crippen molar-refractivity contribution in [2.75, 3.05) is 0 Å². The summed E-state index contributed by atoms with van der Waals surface area (Å²) in [6, 6.07) is 0. The second-order valence-corrected chi connectivity index (χ2v) is 5.70. The molecule has 0 heteroatoms. The Balaban J connectivity index is 3.19. The predicted octanol–water partition coefficient (Wildman–Crippen LogP) is 5.53. The van der Waals surface area contributed by atoms with E-state index < -0.39 is 0 Å². The third-order valence-corrected chi connectivity index (χ3v) is 3.70. The molecule has 0 unspecified atom stereocenters. The van der Waals surface area contributed by atoms with Crippen molar-refractivity contribution in [2.45, 2.75) is 34.1 Å². The molecule has 0 atom stereocenters. The fraction of sp³-hybridized carbons (Fsp3) is 0.333. The maximum Gasteiger partial charge on any atom is -0.00980 e. The molecule has 96 valence electrons. The van der Waals surface area contributed by atoms with Crippen LogP contribution in [0.15, 0.2) is 71.9 Å². The molecule has 0 radical (unpaired) electrons. The van der Waals surface area contributed by atoms with Crippen molar-refractivity contribution in [3.05, 3.63) is 71.9 Å². The summed E-state index contributed by atoms with van der Waals surface area (Å²) in [4.78, 5) is 0. The van der Waals surface area contributed by atoms with Crippen molar-refractivity contribution >= 4 is 0 Å². The van der Waals surface area contributed by atoms with Gasteiger partial charge >= 0.3 is 0 Å². The number of hydrogen-bond donors (Lipinski definition) is 0. The van der Waals surface area contributed by atoms with Gasteiger partial charge in [-0.1, -0.05) is 69.0 Å². The third-order valence-electron chi connectivity index (χ3n) is 3.70. The third kappa shape index (κ3) is 3.22. The minimum absolute atomic E-state index is 0.193. The molecule has 0 saturated carbocycles. The van der Waals surface area contributed by atoms with Crippen LogP contribution in [-0.4, -0.2) is 0 Å². The zero-order chi connectivity index (χ0) is 13.9. The monoisotopic (exact) mass is 240 g/mol. The molecule has 0 heterocycles. The van der Waals surface area contributed by atoms with E-state index in [0.29, 0.717) is 0 Å². The lowest BCUT2D eigenvalue weighted by Crippen LogP contribution is -2.19. The van der Waals surface area contributed by atoms with Gasteiger partial charge in [0.25, 0.3) is 0 Å². The van der Waals surface area contributed by atoms with E-state index in [2.05, 4.69) is 59.6 Å². The van der Waals surface area contributed by atoms with Crippen molar-refractivity contribution in [3.63, 3.8) is 0 Å². The Morgan fingerprint density at radius 1 is 1.33 bits per heavy atom. The van der Waals surface area contributed by atoms with E-state index in [9.17, 15) is 0 Å². The Morgan fingerprint density at radius 2 is 1.94 bits per heavy atom. The van der Waals surface area contributed by atoms with E-state index in [1.165, 1.54) is 16.7 Å². The van der Waals surface area contributed by atoms with Crippen molar-refractivity contribution in [2.24, 2.45) is 5.41 Å². The molecule has 0 aliphatic heterocycles. The van der Waals surface area contributed by atoms with Gasteiger partial charge in [-0.05, 0) is 42.4 Å². The molecule has 1 aliphatic carbocycles. The zero-order valence-corrected chi connectivity index (χ0v) is 12.1. The summed E-state index contributed by atoms with van der Waals surface area (Å²) in [6.07, 6.45) is 9.22. The summed E-state index contributed by atoms with van der Waals surface area (Å²) in [5.74, 6) is 0. The highest BCUT2D eigenvalue weighted by Gasteiger charge is 2.27. The summed E-state index contributed by atoms with van der Waals surface area (Å²) in [5, 5.41) is 0. The SMILES string of the molecule is C=CC(=C)/C=C\C1=C(C)C(C)(C)CC(C(=C)C)=C1. The van der Waals surface area contributed by atoms with Gasteiger partial charge in [-0.3, -0.25) is 0 Å². The van der Waals surface area contributed by atoms with Gasteiger partial charge in [0.05, 0.1) is 0 Å². The number of hydrogen-bond acceptors (Lipinski definition) is 0. The molecule has 0 spiro atoms. The van der Waals surface area contributed by atoms with E-state index in [0.717, 1.165) is 17.6 Å². The molecule has 0 N–H and O–H groups in total. The van der Waals surface area contributed by atoms with Crippen molar-refractivity contribution in [3.8, 4) is 0 Å². The molecule has 0 bridgehead atoms. The minimum atomic E-state index is 0.193. The fourth-order valence-corrected chi connectivity index (χ4v) is 2.06. The van der Waals surface area contributed by atoms with Crippen LogP contribution in [0, 0.1) is 5.41 Å². The van der Waals surface area contributed by atoms with Gasteiger partial charge in [-0.2, -0.15) is 0 Å². The van der Waals surface area contributed by atoms with Gasteiger partial charge in [0, 0.05) is 0 Å². The van der Waals surface area contributed by atoms with Gasteiger partial charge < -0.3 is 0 Å². The van der Waals surface area contributed by atoms with Gasteiger partial charge in [0.1, 0.15) is 0 Å². The zero-order valence-electron chi connectivity index (χ0n) is 12.1. The first-order valence-electron chi connectivity index (χ1n) is 6.35. The molecule has 0 nitrogen and oxygen atoms in total. The topological polar surface area (TPSA) is 0 Å². The van der Waals surface area contributed by atoms with Crippen LogP contribution in [0.2, 0.25) is 0 Å². The first-order valence-corrected chi connectivity index (χ1v) is 6.35. The van der Waals surface area contributed by atoms with Crippen molar-refractivity contribution in [1.29, 1.82) is 0 Å². The van der Waals surface area contributed by atoms with Crippen LogP contribution in [-0.2, 0) is 0 Å². The number of rotatable bonds is 4. The van der Waals surface area contributed by atoms with Gasteiger partial charge in [0.2, 0.25) is 0 Å². The molecule has 1 rings (SSSR count). The Hall–Kier alpha value is -1.56. The Morgan fingerprint density at radius 3 is 2.44 bits per heavy atom. The maximum absolute atomic E-state index is 4.07. The summed E-state index contributed by atoms with van der Waals surface area (Å²) >= 11 is 0. The lowest BCUT2D eigenvalue weighted by Gasteiger charge is -2.33. The van der Waals surface area contributed by atoms with E-state index in [1.807, 2.05) is 6.08 Å². The summed E-state index contributed by atoms with van der Waals surface area (Å²) in [5.41, 5.74) is 6.31. The van der Waals surface area contributed by atoms with E-state index in [-0.39, 0.29) is 5.41 Å². The summed E-state index contributed by atoms with van der Waals surface area (Å²) in [6.45, 7) is 20.6. The highest BCUT2D eigenvalue weighted by Crippen LogP contribution is 2.41. The van der Waals surface area contributed by atoms with Crippen LogP contribution in [0.1, 0.15) is 34.1 Å². The van der Waals surface area contributed by atoms with Crippen molar-refractivity contribution < 1.29 is 0 Å². The van der Waals surface area contributed by atoms with Crippen LogP contribution in [0.4, 0.5) is 0 Å². The molecule has 1 aliphatic rings. The van der Waals surface area contributed by atoms with E-state index >= 15 is 0 Å². The molecular weight excluding hydrogens is 216 g/mol. The highest BCUT2D eigenvalue weighted by atomic mass is 14.3. The Kier molecular flexibility index (Phi) is 4.34. The molecule has 0 amide bonds. The quantitative estimate of drug-likeness (QED) is 0.566. The second kappa shape index (κ2) is 5.39. The fourth-order valence-electron chi connectivity index (χ4n) is 2.06. The first-order chi connectivity index (χ1) is 8.27. The van der Waals surface area contributed by atoms with Gasteiger partial charge in [-0.15, -0.1) is 0 Å². The van der Waals surface area contributed by atoms with Gasteiger partial charge in [0.15, 0.2) is 0 Å². The highest BCUT2D eigenvalue weighted by molar-refractivity contribution is 5.49. The number of allylic oxidation sites excluding steroid dienone is 9. The van der Waals surface area contributed by atoms with Crippen LogP contribution in [0.3, 0.4) is 0 Å². The van der Waals surface area contributed by atoms with Crippen LogP contribution in [0.5, 0.6) is 0 Å². The second-order valence-electron chi connectivity index (χ2n) is 5.70. The predicted molar refractivity (Wildman–Crippen MR) is 82.5 cm³/mol. The average molecular weight is 240 g/mol. The molecule has 0 aromatic carbocycles. The minimum Gasteiger partial charge on any atom is -0.0985 e. The average Bonchev–Trinajstić information content (AvgIpc) is 2.29. The summed E-state index contributed by atoms with van der Waals surface area (Å²) in [7, 11) is 0. The lowest BCUT2D eigenvalue weighted by molar-refractivity contribution is 0.435. The molecule has 0 aromatic rings.